The molecule has 5 nitrogen and oxygen atoms in total. The zero-order valence-electron chi connectivity index (χ0n) is 18.0. The molecule has 3 atom stereocenters. The summed E-state index contributed by atoms with van der Waals surface area (Å²) in [7, 11) is 4.41. The van der Waals surface area contributed by atoms with Gasteiger partial charge < -0.3 is 10.6 Å². The molecular formula is C20H43N5. The van der Waals surface area contributed by atoms with Crippen molar-refractivity contribution in [1.82, 2.24) is 25.3 Å². The molecule has 0 bridgehead atoms. The molecule has 2 N–H and O–H groups in total. The number of nitrogens with zero attached hydrogens (tertiary/aromatic N) is 3. The number of rotatable bonds is 4. The number of piperazine rings is 1. The number of hydrogen-bond acceptors (Lipinski definition) is 5. The number of likely N-dealkylation sites (tertiary alicyclic amines) is 1. The molecule has 0 aromatic heterocycles. The maximum atomic E-state index is 3.67. The fraction of sp³-hybridized carbons (Fsp3) is 1.00. The quantitative estimate of drug-likeness (QED) is 0.803. The molecule has 2 fully saturated rings. The summed E-state index contributed by atoms with van der Waals surface area (Å²) in [6.07, 6.45) is 1.25. The Morgan fingerprint density at radius 2 is 1.80 bits per heavy atom. The van der Waals surface area contributed by atoms with E-state index in [4.69, 9.17) is 0 Å². The monoisotopic (exact) mass is 353 g/mol. The van der Waals surface area contributed by atoms with Crippen LogP contribution in [-0.2, 0) is 0 Å². The van der Waals surface area contributed by atoms with Gasteiger partial charge in [-0.2, -0.15) is 0 Å². The predicted octanol–water partition coefficient (Wildman–Crippen LogP) is 1.66. The molecule has 0 saturated carbocycles. The minimum Gasteiger partial charge on any atom is -0.317 e. The lowest BCUT2D eigenvalue weighted by Crippen LogP contribution is -2.65. The number of hydrogen-bond donors (Lipinski definition) is 2. The first-order chi connectivity index (χ1) is 11.5. The third kappa shape index (κ3) is 5.39. The lowest BCUT2D eigenvalue weighted by molar-refractivity contribution is -0.0198. The molecule has 25 heavy (non-hydrogen) atoms. The highest BCUT2D eigenvalue weighted by atomic mass is 15.4. The number of piperidine rings is 1. The van der Waals surface area contributed by atoms with E-state index in [2.05, 4.69) is 81.0 Å². The molecule has 3 unspecified atom stereocenters. The van der Waals surface area contributed by atoms with Crippen LogP contribution in [0.3, 0.4) is 0 Å². The molecule has 2 aliphatic heterocycles. The van der Waals surface area contributed by atoms with E-state index in [1.807, 2.05) is 0 Å². The topological polar surface area (TPSA) is 33.8 Å². The van der Waals surface area contributed by atoms with Crippen molar-refractivity contribution < 1.29 is 0 Å². The Hall–Kier alpha value is -0.200. The molecule has 2 rings (SSSR count). The van der Waals surface area contributed by atoms with Crippen molar-refractivity contribution in [1.29, 1.82) is 0 Å². The van der Waals surface area contributed by atoms with Crippen LogP contribution in [0.5, 0.6) is 0 Å². The zero-order valence-corrected chi connectivity index (χ0v) is 18.0. The van der Waals surface area contributed by atoms with Gasteiger partial charge in [-0.15, -0.1) is 0 Å². The van der Waals surface area contributed by atoms with Gasteiger partial charge in [0.1, 0.15) is 0 Å². The van der Waals surface area contributed by atoms with Gasteiger partial charge in [-0.05, 0) is 62.1 Å². The van der Waals surface area contributed by atoms with Gasteiger partial charge in [-0.1, -0.05) is 0 Å². The fourth-order valence-corrected chi connectivity index (χ4v) is 4.19. The second-order valence-electron chi connectivity index (χ2n) is 10.1. The Balaban J connectivity index is 2.14. The molecule has 0 aromatic carbocycles. The minimum absolute atomic E-state index is 0.210. The van der Waals surface area contributed by atoms with E-state index < -0.39 is 0 Å². The van der Waals surface area contributed by atoms with Crippen molar-refractivity contribution >= 4 is 0 Å². The molecular weight excluding hydrogens is 310 g/mol. The SMILES string of the molecule is CNC1CCN(C(C)(C)C)CC1C1CNCCN1CN(C)C(C)(C)C. The van der Waals surface area contributed by atoms with Crippen molar-refractivity contribution in [2.24, 2.45) is 5.92 Å². The van der Waals surface area contributed by atoms with Crippen LogP contribution in [0.2, 0.25) is 0 Å². The van der Waals surface area contributed by atoms with Crippen molar-refractivity contribution in [2.45, 2.75) is 71.1 Å². The van der Waals surface area contributed by atoms with E-state index in [9.17, 15) is 0 Å². The van der Waals surface area contributed by atoms with Crippen molar-refractivity contribution in [2.75, 3.05) is 53.5 Å². The second-order valence-corrected chi connectivity index (χ2v) is 10.1. The second kappa shape index (κ2) is 8.22. The molecule has 0 amide bonds. The van der Waals surface area contributed by atoms with Crippen molar-refractivity contribution in [3.63, 3.8) is 0 Å². The highest BCUT2D eigenvalue weighted by Crippen LogP contribution is 2.29. The van der Waals surface area contributed by atoms with Crippen LogP contribution in [0.4, 0.5) is 0 Å². The smallest absolute Gasteiger partial charge is 0.0512 e. The molecule has 0 spiro atoms. The van der Waals surface area contributed by atoms with Crippen LogP contribution in [0, 0.1) is 5.92 Å². The predicted molar refractivity (Wildman–Crippen MR) is 108 cm³/mol. The molecule has 2 aliphatic rings. The van der Waals surface area contributed by atoms with Crippen LogP contribution in [0.1, 0.15) is 48.0 Å². The first kappa shape index (κ1) is 21.1. The van der Waals surface area contributed by atoms with Gasteiger partial charge >= 0.3 is 0 Å². The average Bonchev–Trinajstić information content (AvgIpc) is 2.53. The minimum atomic E-state index is 0.210. The summed E-state index contributed by atoms with van der Waals surface area (Å²) in [4.78, 5) is 7.90. The lowest BCUT2D eigenvalue weighted by Gasteiger charge is -2.51. The highest BCUT2D eigenvalue weighted by molar-refractivity contribution is 4.97. The van der Waals surface area contributed by atoms with Crippen molar-refractivity contribution in [3.05, 3.63) is 0 Å². The standard InChI is InChI=1S/C20H43N5/c1-19(2,3)23(8)15-24-12-10-22-13-18(24)16-14-25(20(4,5)6)11-9-17(16)21-7/h16-18,21-22H,9-15H2,1-8H3. The molecule has 0 aliphatic carbocycles. The van der Waals surface area contributed by atoms with Crippen LogP contribution < -0.4 is 10.6 Å². The van der Waals surface area contributed by atoms with Gasteiger partial charge in [0.2, 0.25) is 0 Å². The normalized spacial score (nSPS) is 30.8. The average molecular weight is 354 g/mol. The molecule has 5 heteroatoms. The fourth-order valence-electron chi connectivity index (χ4n) is 4.19. The summed E-state index contributed by atoms with van der Waals surface area (Å²) >= 11 is 0. The van der Waals surface area contributed by atoms with Gasteiger partial charge in [0, 0.05) is 61.8 Å². The summed E-state index contributed by atoms with van der Waals surface area (Å²) in [6, 6.07) is 1.21. The van der Waals surface area contributed by atoms with E-state index in [0.717, 1.165) is 26.3 Å². The van der Waals surface area contributed by atoms with E-state index in [1.165, 1.54) is 19.5 Å². The largest absolute Gasteiger partial charge is 0.317 e. The maximum absolute atomic E-state index is 3.67. The Labute approximate surface area is 156 Å². The van der Waals surface area contributed by atoms with Gasteiger partial charge in [0.15, 0.2) is 0 Å². The van der Waals surface area contributed by atoms with Gasteiger partial charge in [0.05, 0.1) is 6.67 Å². The third-order valence-electron chi connectivity index (χ3n) is 6.41. The summed E-state index contributed by atoms with van der Waals surface area (Å²) in [5.41, 5.74) is 0.466. The van der Waals surface area contributed by atoms with E-state index in [0.29, 0.717) is 18.0 Å². The first-order valence-electron chi connectivity index (χ1n) is 10.1. The molecule has 2 saturated heterocycles. The van der Waals surface area contributed by atoms with E-state index >= 15 is 0 Å². The Morgan fingerprint density at radius 3 is 2.36 bits per heavy atom. The Morgan fingerprint density at radius 1 is 1.12 bits per heavy atom. The Kier molecular flexibility index (Phi) is 6.94. The maximum Gasteiger partial charge on any atom is 0.0512 e. The third-order valence-corrected chi connectivity index (χ3v) is 6.41. The summed E-state index contributed by atoms with van der Waals surface area (Å²) in [5, 5.41) is 7.30. The zero-order chi connectivity index (χ0) is 18.8. The molecule has 0 aromatic rings. The van der Waals surface area contributed by atoms with E-state index in [1.54, 1.807) is 0 Å². The molecule has 148 valence electrons. The highest BCUT2D eigenvalue weighted by Gasteiger charge is 2.40. The summed E-state index contributed by atoms with van der Waals surface area (Å²) < 4.78 is 0. The van der Waals surface area contributed by atoms with Crippen molar-refractivity contribution in [3.8, 4) is 0 Å². The van der Waals surface area contributed by atoms with Crippen LogP contribution in [0.15, 0.2) is 0 Å². The molecule has 2 heterocycles. The summed E-state index contributed by atoms with van der Waals surface area (Å²) in [6.45, 7) is 20.8. The van der Waals surface area contributed by atoms with Crippen LogP contribution >= 0.6 is 0 Å². The Bertz CT molecular complexity index is 411. The van der Waals surface area contributed by atoms with Gasteiger partial charge in [0.25, 0.3) is 0 Å². The summed E-state index contributed by atoms with van der Waals surface area (Å²) in [5.74, 6) is 0.666. The van der Waals surface area contributed by atoms with Gasteiger partial charge in [-0.25, -0.2) is 0 Å². The molecule has 0 radical (unpaired) electrons. The number of nitrogens with one attached hydrogen (secondary N) is 2. The van der Waals surface area contributed by atoms with Crippen LogP contribution in [-0.4, -0.2) is 91.3 Å². The lowest BCUT2D eigenvalue weighted by atomic mass is 9.82. The van der Waals surface area contributed by atoms with Crippen LogP contribution in [0.25, 0.3) is 0 Å². The first-order valence-corrected chi connectivity index (χ1v) is 10.1. The van der Waals surface area contributed by atoms with Gasteiger partial charge in [-0.3, -0.25) is 14.7 Å². The van der Waals surface area contributed by atoms with E-state index in [-0.39, 0.29) is 11.1 Å².